The highest BCUT2D eigenvalue weighted by molar-refractivity contribution is 4.65. The van der Waals surface area contributed by atoms with Crippen LogP contribution in [0.2, 0.25) is 0 Å². The van der Waals surface area contributed by atoms with Crippen molar-refractivity contribution in [1.82, 2.24) is 0 Å². The highest BCUT2D eigenvalue weighted by atomic mass is 16.5. The van der Waals surface area contributed by atoms with Gasteiger partial charge in [0.2, 0.25) is 0 Å². The zero-order valence-corrected chi connectivity index (χ0v) is 7.25. The monoisotopic (exact) mass is 158 g/mol. The number of aliphatic hydroxyl groups excluding tert-OH is 1. The van der Waals surface area contributed by atoms with E-state index in [1.165, 1.54) is 6.42 Å². The molecule has 1 aliphatic rings. The number of aliphatic hydroxyl groups is 1. The molecule has 2 heteroatoms. The van der Waals surface area contributed by atoms with Crippen molar-refractivity contribution in [2.24, 2.45) is 5.92 Å². The Kier molecular flexibility index (Phi) is 6.18. The molecule has 0 aromatic carbocycles. The summed E-state index contributed by atoms with van der Waals surface area (Å²) < 4.78 is 5.29. The van der Waals surface area contributed by atoms with Crippen LogP contribution in [0, 0.1) is 5.92 Å². The van der Waals surface area contributed by atoms with E-state index in [0.29, 0.717) is 5.92 Å². The van der Waals surface area contributed by atoms with Crippen LogP contribution in [0.4, 0.5) is 0 Å². The van der Waals surface area contributed by atoms with Gasteiger partial charge >= 0.3 is 0 Å². The van der Waals surface area contributed by atoms with Crippen molar-refractivity contribution < 1.29 is 9.84 Å². The summed E-state index contributed by atoms with van der Waals surface area (Å²) in [5.41, 5.74) is 0. The lowest BCUT2D eigenvalue weighted by Gasteiger charge is -2.24. The van der Waals surface area contributed by atoms with E-state index in [1.807, 2.05) is 0 Å². The van der Waals surface area contributed by atoms with Gasteiger partial charge in [0.05, 0.1) is 12.7 Å². The Morgan fingerprint density at radius 2 is 2.09 bits per heavy atom. The SMILES string of the molecule is C=C.CC1CC[C@@H](CO)OC1. The second kappa shape index (κ2) is 6.38. The number of hydrogen-bond acceptors (Lipinski definition) is 2. The minimum absolute atomic E-state index is 0.126. The third-order valence-corrected chi connectivity index (χ3v) is 1.80. The Balaban J connectivity index is 0.000000461. The predicted octanol–water partition coefficient (Wildman–Crippen LogP) is 1.60. The molecule has 1 fully saturated rings. The molecule has 1 N–H and O–H groups in total. The first-order chi connectivity index (χ1) is 5.33. The van der Waals surface area contributed by atoms with Crippen LogP contribution < -0.4 is 0 Å². The predicted molar refractivity (Wildman–Crippen MR) is 46.5 cm³/mol. The van der Waals surface area contributed by atoms with Gasteiger partial charge in [-0.05, 0) is 18.8 Å². The van der Waals surface area contributed by atoms with Gasteiger partial charge in [0.1, 0.15) is 0 Å². The Bertz CT molecular complexity index is 85.6. The molecule has 1 rings (SSSR count). The van der Waals surface area contributed by atoms with Crippen LogP contribution in [-0.4, -0.2) is 24.4 Å². The van der Waals surface area contributed by atoms with Gasteiger partial charge in [-0.25, -0.2) is 0 Å². The average Bonchev–Trinajstić information content (AvgIpc) is 2.10. The van der Waals surface area contributed by atoms with E-state index in [2.05, 4.69) is 20.1 Å². The summed E-state index contributed by atoms with van der Waals surface area (Å²) in [7, 11) is 0. The minimum atomic E-state index is 0.126. The standard InChI is InChI=1S/C7H14O2.C2H4/c1-6-2-3-7(4-8)9-5-6;1-2/h6-8H,2-5H2,1H3;1-2H2/t6?,7-;/m0./s1. The normalized spacial score (nSPS) is 30.4. The van der Waals surface area contributed by atoms with Gasteiger partial charge in [-0.2, -0.15) is 0 Å². The Morgan fingerprint density at radius 1 is 1.45 bits per heavy atom. The molecule has 0 bridgehead atoms. The summed E-state index contributed by atoms with van der Waals surface area (Å²) in [4.78, 5) is 0. The van der Waals surface area contributed by atoms with E-state index in [1.54, 1.807) is 0 Å². The molecular weight excluding hydrogens is 140 g/mol. The molecule has 1 aliphatic heterocycles. The van der Waals surface area contributed by atoms with Gasteiger partial charge in [-0.3, -0.25) is 0 Å². The van der Waals surface area contributed by atoms with Crippen molar-refractivity contribution in [3.63, 3.8) is 0 Å². The smallest absolute Gasteiger partial charge is 0.0806 e. The molecule has 0 aromatic rings. The molecule has 0 aromatic heterocycles. The van der Waals surface area contributed by atoms with Crippen molar-refractivity contribution in [2.45, 2.75) is 25.9 Å². The summed E-state index contributed by atoms with van der Waals surface area (Å²) in [6, 6.07) is 0. The van der Waals surface area contributed by atoms with Crippen LogP contribution in [0.3, 0.4) is 0 Å². The van der Waals surface area contributed by atoms with E-state index in [0.717, 1.165) is 13.0 Å². The van der Waals surface area contributed by atoms with Crippen molar-refractivity contribution in [1.29, 1.82) is 0 Å². The number of hydrogen-bond donors (Lipinski definition) is 1. The topological polar surface area (TPSA) is 29.5 Å². The van der Waals surface area contributed by atoms with Crippen LogP contribution in [0.15, 0.2) is 13.2 Å². The van der Waals surface area contributed by atoms with E-state index in [4.69, 9.17) is 9.84 Å². The lowest BCUT2D eigenvalue weighted by atomic mass is 10.0. The highest BCUT2D eigenvalue weighted by Crippen LogP contribution is 2.17. The van der Waals surface area contributed by atoms with Gasteiger partial charge in [0.25, 0.3) is 0 Å². The number of ether oxygens (including phenoxy) is 1. The van der Waals surface area contributed by atoms with Gasteiger partial charge in [-0.1, -0.05) is 6.92 Å². The van der Waals surface area contributed by atoms with Crippen LogP contribution in [0.1, 0.15) is 19.8 Å². The highest BCUT2D eigenvalue weighted by Gasteiger charge is 2.16. The molecule has 1 saturated heterocycles. The van der Waals surface area contributed by atoms with Gasteiger partial charge in [-0.15, -0.1) is 13.2 Å². The first kappa shape index (κ1) is 10.7. The lowest BCUT2D eigenvalue weighted by Crippen LogP contribution is -2.26. The van der Waals surface area contributed by atoms with Gasteiger partial charge in [0.15, 0.2) is 0 Å². The maximum absolute atomic E-state index is 8.65. The quantitative estimate of drug-likeness (QED) is 0.587. The maximum atomic E-state index is 8.65. The summed E-state index contributed by atoms with van der Waals surface area (Å²) >= 11 is 0. The molecule has 1 unspecified atom stereocenters. The lowest BCUT2D eigenvalue weighted by molar-refractivity contribution is -0.0386. The summed E-state index contributed by atoms with van der Waals surface area (Å²) in [6.07, 6.45) is 2.35. The van der Waals surface area contributed by atoms with Crippen molar-refractivity contribution in [3.05, 3.63) is 13.2 Å². The van der Waals surface area contributed by atoms with Gasteiger partial charge < -0.3 is 9.84 Å². The molecule has 0 aliphatic carbocycles. The molecule has 66 valence electrons. The molecule has 2 nitrogen and oxygen atoms in total. The van der Waals surface area contributed by atoms with Crippen LogP contribution in [0.25, 0.3) is 0 Å². The molecule has 0 spiro atoms. The Labute approximate surface area is 68.9 Å². The van der Waals surface area contributed by atoms with Crippen LogP contribution in [0.5, 0.6) is 0 Å². The Hall–Kier alpha value is -0.340. The maximum Gasteiger partial charge on any atom is 0.0806 e. The molecule has 2 atom stereocenters. The molecule has 0 saturated carbocycles. The van der Waals surface area contributed by atoms with Crippen molar-refractivity contribution >= 4 is 0 Å². The molecule has 1 heterocycles. The largest absolute Gasteiger partial charge is 0.394 e. The van der Waals surface area contributed by atoms with Gasteiger partial charge in [0, 0.05) is 6.61 Å². The third-order valence-electron chi connectivity index (χ3n) is 1.80. The first-order valence-electron chi connectivity index (χ1n) is 4.05. The van der Waals surface area contributed by atoms with Crippen molar-refractivity contribution in [3.8, 4) is 0 Å². The van der Waals surface area contributed by atoms with E-state index in [9.17, 15) is 0 Å². The van der Waals surface area contributed by atoms with Crippen molar-refractivity contribution in [2.75, 3.05) is 13.2 Å². The molecular formula is C9H18O2. The minimum Gasteiger partial charge on any atom is -0.394 e. The van der Waals surface area contributed by atoms with E-state index in [-0.39, 0.29) is 12.7 Å². The van der Waals surface area contributed by atoms with Crippen LogP contribution >= 0.6 is 0 Å². The second-order valence-corrected chi connectivity index (χ2v) is 2.82. The van der Waals surface area contributed by atoms with Crippen LogP contribution in [-0.2, 0) is 4.74 Å². The summed E-state index contributed by atoms with van der Waals surface area (Å²) in [5, 5.41) is 8.65. The van der Waals surface area contributed by atoms with E-state index < -0.39 is 0 Å². The fourth-order valence-corrected chi connectivity index (χ4v) is 1.08. The number of rotatable bonds is 1. The first-order valence-corrected chi connectivity index (χ1v) is 4.05. The summed E-state index contributed by atoms with van der Waals surface area (Å²) in [6.45, 7) is 9.19. The fourth-order valence-electron chi connectivity index (χ4n) is 1.08. The third kappa shape index (κ3) is 4.17. The zero-order valence-electron chi connectivity index (χ0n) is 7.25. The second-order valence-electron chi connectivity index (χ2n) is 2.82. The fraction of sp³-hybridized carbons (Fsp3) is 0.778. The molecule has 0 radical (unpaired) electrons. The molecule has 0 amide bonds. The zero-order chi connectivity index (χ0) is 8.69. The molecule has 11 heavy (non-hydrogen) atoms. The van der Waals surface area contributed by atoms with E-state index >= 15 is 0 Å². The average molecular weight is 158 g/mol. The summed E-state index contributed by atoms with van der Waals surface area (Å²) in [5.74, 6) is 0.688. The Morgan fingerprint density at radius 3 is 2.45 bits per heavy atom.